The fourth-order valence-corrected chi connectivity index (χ4v) is 4.99. The molecule has 0 spiro atoms. The van der Waals surface area contributed by atoms with Crippen molar-refractivity contribution in [3.63, 3.8) is 0 Å². The average Bonchev–Trinajstić information content (AvgIpc) is 3.35. The fraction of sp³-hybridized carbons (Fsp3) is 0.167. The molecule has 0 saturated heterocycles. The lowest BCUT2D eigenvalue weighted by atomic mass is 10.1. The number of rotatable bonds is 9. The van der Waals surface area contributed by atoms with Crippen LogP contribution >= 0.6 is 11.8 Å². The van der Waals surface area contributed by atoms with Crippen LogP contribution in [-0.2, 0) is 4.79 Å². The number of hydrogen-bond acceptors (Lipinski definition) is 6. The van der Waals surface area contributed by atoms with E-state index in [1.54, 1.807) is 23.1 Å². The highest BCUT2D eigenvalue weighted by Crippen LogP contribution is 2.37. The molecule has 3 aromatic rings. The Morgan fingerprint density at radius 1 is 0.921 bits per heavy atom. The van der Waals surface area contributed by atoms with Gasteiger partial charge in [0.1, 0.15) is 24.8 Å². The summed E-state index contributed by atoms with van der Waals surface area (Å²) in [5.41, 5.74) is 3.76. The van der Waals surface area contributed by atoms with Gasteiger partial charge in [-0.15, -0.1) is 0 Å². The van der Waals surface area contributed by atoms with Crippen LogP contribution in [0.1, 0.15) is 23.6 Å². The van der Waals surface area contributed by atoms with E-state index < -0.39 is 5.91 Å². The maximum atomic E-state index is 12.9. The van der Waals surface area contributed by atoms with Crippen LogP contribution in [0.4, 0.5) is 0 Å². The summed E-state index contributed by atoms with van der Waals surface area (Å²) in [6, 6.07) is 23.1. The molecule has 0 saturated carbocycles. The number of carbonyl (C=O) groups is 1. The van der Waals surface area contributed by atoms with Crippen LogP contribution in [0.3, 0.4) is 0 Å². The maximum absolute atomic E-state index is 12.9. The van der Waals surface area contributed by atoms with E-state index in [1.165, 1.54) is 11.8 Å². The number of carbonyl (C=O) groups excluding carboxylic acids is 1. The first-order chi connectivity index (χ1) is 18.5. The lowest BCUT2D eigenvalue weighted by Crippen LogP contribution is -2.38. The summed E-state index contributed by atoms with van der Waals surface area (Å²) in [5, 5.41) is 11.2. The van der Waals surface area contributed by atoms with Gasteiger partial charge >= 0.3 is 0 Å². The second kappa shape index (κ2) is 11.4. The van der Waals surface area contributed by atoms with Gasteiger partial charge in [0.15, 0.2) is 16.7 Å². The number of ether oxygens (including phenoxy) is 3. The minimum atomic E-state index is -0.442. The molecule has 5 rings (SSSR count). The van der Waals surface area contributed by atoms with Crippen molar-refractivity contribution in [3.05, 3.63) is 100 Å². The molecule has 38 heavy (non-hydrogen) atoms. The van der Waals surface area contributed by atoms with E-state index in [1.807, 2.05) is 79.9 Å². The molecule has 7 nitrogen and oxygen atoms in total. The molecule has 3 aromatic carbocycles. The molecule has 192 valence electrons. The van der Waals surface area contributed by atoms with Crippen molar-refractivity contribution in [2.75, 3.05) is 19.8 Å². The SMILES string of the molecule is CCOc1cc(/C=C2/C(=N)N3C(c4ccccc4)=CSC3=NC2=O)ccc1OCCOc1ccccc1C. The van der Waals surface area contributed by atoms with E-state index in [-0.39, 0.29) is 11.4 Å². The van der Waals surface area contributed by atoms with E-state index in [9.17, 15) is 4.79 Å². The summed E-state index contributed by atoms with van der Waals surface area (Å²) >= 11 is 1.34. The van der Waals surface area contributed by atoms with Crippen LogP contribution in [0, 0.1) is 12.3 Å². The predicted molar refractivity (Wildman–Crippen MR) is 152 cm³/mol. The van der Waals surface area contributed by atoms with Crippen LogP contribution in [0.15, 0.2) is 88.8 Å². The van der Waals surface area contributed by atoms with Crippen molar-refractivity contribution in [2.24, 2.45) is 4.99 Å². The van der Waals surface area contributed by atoms with Crippen molar-refractivity contribution in [1.29, 1.82) is 5.41 Å². The van der Waals surface area contributed by atoms with Gasteiger partial charge < -0.3 is 14.2 Å². The Labute approximate surface area is 225 Å². The molecule has 0 atom stereocenters. The second-order valence-electron chi connectivity index (χ2n) is 8.53. The molecular weight excluding hydrogens is 498 g/mol. The number of hydrogen-bond donors (Lipinski definition) is 1. The quantitative estimate of drug-likeness (QED) is 0.266. The van der Waals surface area contributed by atoms with Crippen molar-refractivity contribution in [1.82, 2.24) is 4.90 Å². The predicted octanol–water partition coefficient (Wildman–Crippen LogP) is 6.16. The minimum Gasteiger partial charge on any atom is -0.490 e. The molecule has 0 radical (unpaired) electrons. The maximum Gasteiger partial charge on any atom is 0.283 e. The molecule has 0 fully saturated rings. The molecule has 8 heteroatoms. The molecule has 1 N–H and O–H groups in total. The number of amides is 1. The number of benzene rings is 3. The zero-order valence-electron chi connectivity index (χ0n) is 21.1. The zero-order chi connectivity index (χ0) is 26.5. The van der Waals surface area contributed by atoms with E-state index in [0.29, 0.717) is 42.1 Å². The highest BCUT2D eigenvalue weighted by atomic mass is 32.2. The Hall–Kier alpha value is -4.30. The van der Waals surface area contributed by atoms with Gasteiger partial charge in [-0.25, -0.2) is 0 Å². The molecule has 1 amide bonds. The van der Waals surface area contributed by atoms with Gasteiger partial charge in [0.2, 0.25) is 0 Å². The number of nitrogens with zero attached hydrogens (tertiary/aromatic N) is 2. The van der Waals surface area contributed by atoms with E-state index in [2.05, 4.69) is 4.99 Å². The molecule has 0 bridgehead atoms. The summed E-state index contributed by atoms with van der Waals surface area (Å²) in [7, 11) is 0. The van der Waals surface area contributed by atoms with Crippen molar-refractivity contribution in [3.8, 4) is 17.2 Å². The monoisotopic (exact) mass is 525 g/mol. The summed E-state index contributed by atoms with van der Waals surface area (Å²) in [6.45, 7) is 5.08. The largest absolute Gasteiger partial charge is 0.490 e. The van der Waals surface area contributed by atoms with Crippen LogP contribution in [0.25, 0.3) is 11.8 Å². The number of para-hydroxylation sites is 1. The van der Waals surface area contributed by atoms with E-state index in [0.717, 1.165) is 22.6 Å². The van der Waals surface area contributed by atoms with Crippen LogP contribution in [-0.4, -0.2) is 41.6 Å². The molecule has 2 aliphatic rings. The van der Waals surface area contributed by atoms with Gasteiger partial charge in [0.05, 0.1) is 17.9 Å². The standard InChI is InChI=1S/C30H27N3O4S/c1-3-35-27-18-21(13-14-26(27)37-16-15-36-25-12-8-7-9-20(25)2)17-23-28(31)33-24(22-10-5-4-6-11-22)19-38-30(33)32-29(23)34/h4-14,17-19,31H,3,15-16H2,1-2H3/b23-17-,31-28?. The van der Waals surface area contributed by atoms with Crippen molar-refractivity contribution < 1.29 is 19.0 Å². The normalized spacial score (nSPS) is 15.7. The molecule has 0 aromatic heterocycles. The van der Waals surface area contributed by atoms with E-state index in [4.69, 9.17) is 19.6 Å². The van der Waals surface area contributed by atoms with Gasteiger partial charge in [0, 0.05) is 5.41 Å². The fourth-order valence-electron chi connectivity index (χ4n) is 4.10. The lowest BCUT2D eigenvalue weighted by molar-refractivity contribution is -0.114. The highest BCUT2D eigenvalue weighted by Gasteiger charge is 2.36. The second-order valence-corrected chi connectivity index (χ2v) is 9.37. The van der Waals surface area contributed by atoms with Crippen LogP contribution in [0.2, 0.25) is 0 Å². The molecule has 2 aliphatic heterocycles. The summed E-state index contributed by atoms with van der Waals surface area (Å²) < 4.78 is 17.6. The first kappa shape index (κ1) is 25.4. The van der Waals surface area contributed by atoms with Crippen molar-refractivity contribution >= 4 is 40.4 Å². The molecule has 0 unspecified atom stereocenters. The minimum absolute atomic E-state index is 0.0896. The number of aryl methyl sites for hydroxylation is 1. The number of aliphatic imine (C=N–C) groups is 1. The number of nitrogens with one attached hydrogen (secondary N) is 1. The van der Waals surface area contributed by atoms with Gasteiger partial charge in [-0.2, -0.15) is 4.99 Å². The Morgan fingerprint density at radius 2 is 1.66 bits per heavy atom. The van der Waals surface area contributed by atoms with Crippen LogP contribution in [0.5, 0.6) is 17.2 Å². The summed E-state index contributed by atoms with van der Waals surface area (Å²) in [4.78, 5) is 18.8. The van der Waals surface area contributed by atoms with Gasteiger partial charge in [0.25, 0.3) is 5.91 Å². The Morgan fingerprint density at radius 3 is 2.42 bits per heavy atom. The average molecular weight is 526 g/mol. The van der Waals surface area contributed by atoms with Crippen molar-refractivity contribution in [2.45, 2.75) is 13.8 Å². The third kappa shape index (κ3) is 5.35. The van der Waals surface area contributed by atoms with Crippen LogP contribution < -0.4 is 14.2 Å². The summed E-state index contributed by atoms with van der Waals surface area (Å²) in [6.07, 6.45) is 1.67. The lowest BCUT2D eigenvalue weighted by Gasteiger charge is -2.27. The smallest absolute Gasteiger partial charge is 0.283 e. The highest BCUT2D eigenvalue weighted by molar-refractivity contribution is 8.17. The number of fused-ring (bicyclic) bond motifs is 1. The molecule has 0 aliphatic carbocycles. The summed E-state index contributed by atoms with van der Waals surface area (Å²) in [5.74, 6) is 1.61. The van der Waals surface area contributed by atoms with Gasteiger partial charge in [-0.1, -0.05) is 66.4 Å². The zero-order valence-corrected chi connectivity index (χ0v) is 22.0. The molecule has 2 heterocycles. The Kier molecular flexibility index (Phi) is 7.60. The number of amidine groups is 2. The Bertz CT molecular complexity index is 1460. The topological polar surface area (TPSA) is 84.2 Å². The van der Waals surface area contributed by atoms with Gasteiger partial charge in [-0.3, -0.25) is 15.1 Å². The first-order valence-electron chi connectivity index (χ1n) is 12.3. The Balaban J connectivity index is 1.33. The molecular formula is C30H27N3O4S. The first-order valence-corrected chi connectivity index (χ1v) is 13.2. The third-order valence-corrected chi connectivity index (χ3v) is 6.78. The number of thioether (sulfide) groups is 1. The third-order valence-electron chi connectivity index (χ3n) is 5.95. The van der Waals surface area contributed by atoms with Gasteiger partial charge in [-0.05, 0) is 54.8 Å². The van der Waals surface area contributed by atoms with E-state index >= 15 is 0 Å².